The SMILES string of the molecule is CNC(C)(C)c1cncn1CC1(CC(C)C)CCCC1. The second kappa shape index (κ2) is 5.88. The number of hydrogen-bond acceptors (Lipinski definition) is 2. The van der Waals surface area contributed by atoms with Crippen LogP contribution in [0.4, 0.5) is 0 Å². The Morgan fingerprint density at radius 2 is 2.00 bits per heavy atom. The Kier molecular flexibility index (Phi) is 4.58. The van der Waals surface area contributed by atoms with E-state index in [-0.39, 0.29) is 5.54 Å². The highest BCUT2D eigenvalue weighted by molar-refractivity contribution is 5.11. The van der Waals surface area contributed by atoms with Crippen LogP contribution in [0.5, 0.6) is 0 Å². The molecule has 3 heteroatoms. The highest BCUT2D eigenvalue weighted by Gasteiger charge is 2.36. The van der Waals surface area contributed by atoms with Crippen molar-refractivity contribution in [1.29, 1.82) is 0 Å². The third-order valence-corrected chi connectivity index (χ3v) is 4.99. The summed E-state index contributed by atoms with van der Waals surface area (Å²) in [4.78, 5) is 4.41. The predicted octanol–water partition coefficient (Wildman–Crippen LogP) is 3.94. The van der Waals surface area contributed by atoms with Crippen molar-refractivity contribution < 1.29 is 0 Å². The Morgan fingerprint density at radius 3 is 2.55 bits per heavy atom. The van der Waals surface area contributed by atoms with Crippen LogP contribution in [0.3, 0.4) is 0 Å². The summed E-state index contributed by atoms with van der Waals surface area (Å²) < 4.78 is 2.39. The molecule has 114 valence electrons. The fourth-order valence-electron chi connectivity index (χ4n) is 3.87. The first-order chi connectivity index (χ1) is 9.38. The lowest BCUT2D eigenvalue weighted by Gasteiger charge is -2.34. The molecule has 3 nitrogen and oxygen atoms in total. The van der Waals surface area contributed by atoms with Crippen molar-refractivity contribution in [3.8, 4) is 0 Å². The molecule has 20 heavy (non-hydrogen) atoms. The molecule has 0 bridgehead atoms. The molecule has 0 spiro atoms. The number of hydrogen-bond donors (Lipinski definition) is 1. The lowest BCUT2D eigenvalue weighted by atomic mass is 9.78. The Balaban J connectivity index is 2.22. The molecule has 1 N–H and O–H groups in total. The summed E-state index contributed by atoms with van der Waals surface area (Å²) >= 11 is 0. The number of nitrogens with zero attached hydrogens (tertiary/aromatic N) is 2. The van der Waals surface area contributed by atoms with Crippen LogP contribution in [0.2, 0.25) is 0 Å². The molecule has 1 heterocycles. The van der Waals surface area contributed by atoms with Gasteiger partial charge in [-0.3, -0.25) is 0 Å². The summed E-state index contributed by atoms with van der Waals surface area (Å²) in [6.07, 6.45) is 10.9. The van der Waals surface area contributed by atoms with E-state index in [1.165, 1.54) is 37.8 Å². The van der Waals surface area contributed by atoms with Gasteiger partial charge in [-0.05, 0) is 51.5 Å². The Bertz CT molecular complexity index is 425. The first-order valence-electron chi connectivity index (χ1n) is 8.08. The van der Waals surface area contributed by atoms with Gasteiger partial charge < -0.3 is 9.88 Å². The van der Waals surface area contributed by atoms with Crippen LogP contribution in [-0.4, -0.2) is 16.6 Å². The maximum atomic E-state index is 4.41. The molecule has 1 saturated carbocycles. The van der Waals surface area contributed by atoms with Crippen molar-refractivity contribution in [2.24, 2.45) is 11.3 Å². The van der Waals surface area contributed by atoms with Gasteiger partial charge in [-0.2, -0.15) is 0 Å². The van der Waals surface area contributed by atoms with E-state index in [0.29, 0.717) is 5.41 Å². The molecule has 0 unspecified atom stereocenters. The summed E-state index contributed by atoms with van der Waals surface area (Å²) in [7, 11) is 2.02. The summed E-state index contributed by atoms with van der Waals surface area (Å²) in [6, 6.07) is 0. The van der Waals surface area contributed by atoms with E-state index < -0.39 is 0 Å². The fraction of sp³-hybridized carbons (Fsp3) is 0.824. The van der Waals surface area contributed by atoms with Crippen molar-refractivity contribution in [2.75, 3.05) is 7.05 Å². The smallest absolute Gasteiger partial charge is 0.0948 e. The molecule has 1 aliphatic rings. The van der Waals surface area contributed by atoms with Gasteiger partial charge in [0.2, 0.25) is 0 Å². The first-order valence-corrected chi connectivity index (χ1v) is 8.08. The topological polar surface area (TPSA) is 29.9 Å². The van der Waals surface area contributed by atoms with Gasteiger partial charge in [-0.15, -0.1) is 0 Å². The zero-order valence-corrected chi connectivity index (χ0v) is 13.9. The highest BCUT2D eigenvalue weighted by Crippen LogP contribution is 2.45. The van der Waals surface area contributed by atoms with E-state index in [4.69, 9.17) is 0 Å². The second-order valence-corrected chi connectivity index (χ2v) is 7.59. The van der Waals surface area contributed by atoms with Crippen molar-refractivity contribution >= 4 is 0 Å². The van der Waals surface area contributed by atoms with Crippen molar-refractivity contribution in [1.82, 2.24) is 14.9 Å². The standard InChI is InChI=1S/C17H31N3/c1-14(2)10-17(8-6-7-9-17)12-20-13-19-11-15(20)16(3,4)18-5/h11,13-14,18H,6-10,12H2,1-5H3. The van der Waals surface area contributed by atoms with Gasteiger partial charge >= 0.3 is 0 Å². The third-order valence-electron chi connectivity index (χ3n) is 4.99. The lowest BCUT2D eigenvalue weighted by molar-refractivity contribution is 0.191. The van der Waals surface area contributed by atoms with Crippen LogP contribution in [0, 0.1) is 11.3 Å². The van der Waals surface area contributed by atoms with Gasteiger partial charge in [0, 0.05) is 12.7 Å². The van der Waals surface area contributed by atoms with Gasteiger partial charge in [0.25, 0.3) is 0 Å². The molecule has 2 rings (SSSR count). The summed E-state index contributed by atoms with van der Waals surface area (Å²) in [6.45, 7) is 10.3. The van der Waals surface area contributed by atoms with Crippen LogP contribution in [0.1, 0.15) is 65.5 Å². The van der Waals surface area contributed by atoms with Crippen LogP contribution < -0.4 is 5.32 Å². The molecule has 0 aliphatic heterocycles. The molecule has 0 saturated heterocycles. The van der Waals surface area contributed by atoms with E-state index in [9.17, 15) is 0 Å². The van der Waals surface area contributed by atoms with Gasteiger partial charge in [0.15, 0.2) is 0 Å². The molecular formula is C17H31N3. The molecule has 0 atom stereocenters. The quantitative estimate of drug-likeness (QED) is 0.853. The van der Waals surface area contributed by atoms with E-state index in [1.807, 2.05) is 19.6 Å². The van der Waals surface area contributed by atoms with Gasteiger partial charge in [0.05, 0.1) is 17.6 Å². The van der Waals surface area contributed by atoms with E-state index in [0.717, 1.165) is 12.5 Å². The maximum Gasteiger partial charge on any atom is 0.0948 e. The zero-order chi connectivity index (χ0) is 14.8. The lowest BCUT2D eigenvalue weighted by Crippen LogP contribution is -2.37. The normalized spacial score (nSPS) is 18.9. The van der Waals surface area contributed by atoms with Gasteiger partial charge in [-0.25, -0.2) is 4.98 Å². The molecule has 0 radical (unpaired) electrons. The minimum absolute atomic E-state index is 0.0197. The average Bonchev–Trinajstić information content (AvgIpc) is 2.99. The fourth-order valence-corrected chi connectivity index (χ4v) is 3.87. The molecule has 0 aromatic carbocycles. The maximum absolute atomic E-state index is 4.41. The largest absolute Gasteiger partial charge is 0.332 e. The number of aromatic nitrogens is 2. The number of imidazole rings is 1. The monoisotopic (exact) mass is 277 g/mol. The third kappa shape index (κ3) is 3.25. The number of nitrogens with one attached hydrogen (secondary N) is 1. The second-order valence-electron chi connectivity index (χ2n) is 7.59. The Hall–Kier alpha value is -0.830. The summed E-state index contributed by atoms with van der Waals surface area (Å²) in [5.74, 6) is 0.775. The molecular weight excluding hydrogens is 246 g/mol. The van der Waals surface area contributed by atoms with E-state index in [2.05, 4.69) is 42.6 Å². The number of rotatable bonds is 6. The van der Waals surface area contributed by atoms with Crippen LogP contribution in [0.15, 0.2) is 12.5 Å². The van der Waals surface area contributed by atoms with Crippen molar-refractivity contribution in [3.63, 3.8) is 0 Å². The first kappa shape index (κ1) is 15.6. The Morgan fingerprint density at radius 1 is 1.35 bits per heavy atom. The molecule has 0 amide bonds. The van der Waals surface area contributed by atoms with Crippen molar-refractivity contribution in [3.05, 3.63) is 18.2 Å². The minimum Gasteiger partial charge on any atom is -0.332 e. The molecule has 1 aromatic rings. The van der Waals surface area contributed by atoms with E-state index in [1.54, 1.807) is 0 Å². The predicted molar refractivity (Wildman–Crippen MR) is 84.7 cm³/mol. The summed E-state index contributed by atoms with van der Waals surface area (Å²) in [5.41, 5.74) is 1.77. The van der Waals surface area contributed by atoms with Gasteiger partial charge in [-0.1, -0.05) is 26.7 Å². The minimum atomic E-state index is -0.0197. The highest BCUT2D eigenvalue weighted by atomic mass is 15.1. The average molecular weight is 277 g/mol. The Labute approximate surface area is 124 Å². The molecule has 1 fully saturated rings. The van der Waals surface area contributed by atoms with Crippen molar-refractivity contribution in [2.45, 2.75) is 71.9 Å². The van der Waals surface area contributed by atoms with Gasteiger partial charge in [0.1, 0.15) is 0 Å². The molecule has 1 aromatic heterocycles. The van der Waals surface area contributed by atoms with Crippen LogP contribution >= 0.6 is 0 Å². The van der Waals surface area contributed by atoms with Crippen LogP contribution in [-0.2, 0) is 12.1 Å². The summed E-state index contributed by atoms with van der Waals surface area (Å²) in [5, 5.41) is 3.40. The van der Waals surface area contributed by atoms with E-state index >= 15 is 0 Å². The zero-order valence-electron chi connectivity index (χ0n) is 13.9. The van der Waals surface area contributed by atoms with Crippen LogP contribution in [0.25, 0.3) is 0 Å². The molecule has 1 aliphatic carbocycles.